The zero-order chi connectivity index (χ0) is 11.1. The summed E-state index contributed by atoms with van der Waals surface area (Å²) in [6.07, 6.45) is 2.51. The molecule has 0 aromatic rings. The number of hydrogen-bond acceptors (Lipinski definition) is 3. The molecule has 4 nitrogen and oxygen atoms in total. The number of carbonyl (C=O) groups excluding carboxylic acids is 1. The Morgan fingerprint density at radius 2 is 1.80 bits per heavy atom. The lowest BCUT2D eigenvalue weighted by Crippen LogP contribution is -2.37. The van der Waals surface area contributed by atoms with Gasteiger partial charge in [0, 0.05) is 13.1 Å². The largest absolute Gasteiger partial charge is 0.444 e. The topological polar surface area (TPSA) is 42.1 Å². The number of fused-ring (bicyclic) bond motifs is 1. The molecular formula is C11H19NO3. The van der Waals surface area contributed by atoms with Crippen LogP contribution in [-0.2, 0) is 9.47 Å². The molecule has 2 saturated heterocycles. The lowest BCUT2D eigenvalue weighted by atomic mass is 10.2. The first-order valence-corrected chi connectivity index (χ1v) is 5.59. The molecule has 2 aliphatic rings. The smallest absolute Gasteiger partial charge is 0.410 e. The van der Waals surface area contributed by atoms with Crippen LogP contribution in [0.3, 0.4) is 0 Å². The highest BCUT2D eigenvalue weighted by molar-refractivity contribution is 5.68. The van der Waals surface area contributed by atoms with Crippen molar-refractivity contribution < 1.29 is 14.3 Å². The Balaban J connectivity index is 1.84. The summed E-state index contributed by atoms with van der Waals surface area (Å²) in [5, 5.41) is 0. The molecule has 0 aromatic carbocycles. The van der Waals surface area contributed by atoms with Gasteiger partial charge in [0.15, 0.2) is 0 Å². The number of amides is 1. The Morgan fingerprint density at radius 1 is 1.27 bits per heavy atom. The normalized spacial score (nSPS) is 30.5. The molecule has 2 unspecified atom stereocenters. The molecule has 4 heteroatoms. The maximum absolute atomic E-state index is 11.8. The summed E-state index contributed by atoms with van der Waals surface area (Å²) >= 11 is 0. The second kappa shape index (κ2) is 3.67. The Labute approximate surface area is 90.5 Å². The lowest BCUT2D eigenvalue weighted by Gasteiger charge is -2.26. The number of hydrogen-bond donors (Lipinski definition) is 0. The van der Waals surface area contributed by atoms with Gasteiger partial charge in [-0.2, -0.15) is 0 Å². The van der Waals surface area contributed by atoms with Crippen LogP contribution in [-0.4, -0.2) is 41.9 Å². The van der Waals surface area contributed by atoms with Gasteiger partial charge >= 0.3 is 6.09 Å². The Morgan fingerprint density at radius 3 is 2.27 bits per heavy atom. The molecular weight excluding hydrogens is 194 g/mol. The van der Waals surface area contributed by atoms with Crippen molar-refractivity contribution in [2.75, 3.05) is 13.1 Å². The number of nitrogens with zero attached hydrogens (tertiary/aromatic N) is 1. The number of epoxide rings is 1. The molecule has 2 aliphatic heterocycles. The van der Waals surface area contributed by atoms with Gasteiger partial charge in [-0.1, -0.05) is 0 Å². The van der Waals surface area contributed by atoms with Crippen LogP contribution in [0.15, 0.2) is 0 Å². The molecule has 0 radical (unpaired) electrons. The summed E-state index contributed by atoms with van der Waals surface area (Å²) in [4.78, 5) is 13.5. The van der Waals surface area contributed by atoms with Crippen LogP contribution in [0, 0.1) is 0 Å². The highest BCUT2D eigenvalue weighted by atomic mass is 16.6. The number of likely N-dealkylation sites (tertiary alicyclic amines) is 1. The average molecular weight is 213 g/mol. The average Bonchev–Trinajstić information content (AvgIpc) is 2.75. The fourth-order valence-electron chi connectivity index (χ4n) is 1.87. The molecule has 0 aliphatic carbocycles. The molecule has 15 heavy (non-hydrogen) atoms. The first kappa shape index (κ1) is 10.7. The second-order valence-electron chi connectivity index (χ2n) is 5.26. The van der Waals surface area contributed by atoms with Crippen molar-refractivity contribution in [3.05, 3.63) is 0 Å². The van der Waals surface area contributed by atoms with Gasteiger partial charge in [-0.3, -0.25) is 0 Å². The van der Waals surface area contributed by atoms with E-state index in [1.807, 2.05) is 20.8 Å². The summed E-state index contributed by atoms with van der Waals surface area (Å²) in [5.74, 6) is 0. The van der Waals surface area contributed by atoms with Crippen LogP contribution in [0.1, 0.15) is 33.6 Å². The van der Waals surface area contributed by atoms with Gasteiger partial charge in [0.2, 0.25) is 0 Å². The third kappa shape index (κ3) is 2.84. The Bertz CT molecular complexity index is 247. The van der Waals surface area contributed by atoms with Gasteiger partial charge in [0.1, 0.15) is 5.60 Å². The summed E-state index contributed by atoms with van der Waals surface area (Å²) in [6, 6.07) is 0. The summed E-state index contributed by atoms with van der Waals surface area (Å²) in [6.45, 7) is 7.20. The van der Waals surface area contributed by atoms with Gasteiger partial charge in [-0.25, -0.2) is 4.79 Å². The standard InChI is InChI=1S/C11H19NO3/c1-11(2,3)15-10(13)12-6-4-8-9(14-8)5-7-12/h8-9H,4-7H2,1-3H3. The van der Waals surface area contributed by atoms with Gasteiger partial charge < -0.3 is 14.4 Å². The highest BCUT2D eigenvalue weighted by Gasteiger charge is 2.41. The maximum atomic E-state index is 11.8. The van der Waals surface area contributed by atoms with Crippen molar-refractivity contribution in [3.63, 3.8) is 0 Å². The van der Waals surface area contributed by atoms with Crippen molar-refractivity contribution in [2.45, 2.75) is 51.4 Å². The molecule has 0 saturated carbocycles. The summed E-state index contributed by atoms with van der Waals surface area (Å²) < 4.78 is 10.7. The Hall–Kier alpha value is -0.770. The number of rotatable bonds is 0. The molecule has 2 heterocycles. The Kier molecular flexibility index (Phi) is 2.63. The SMILES string of the molecule is CC(C)(C)OC(=O)N1CCC2OC2CC1. The zero-order valence-electron chi connectivity index (χ0n) is 9.66. The van der Waals surface area contributed by atoms with E-state index in [0.717, 1.165) is 25.9 Å². The predicted octanol–water partition coefficient (Wildman–Crippen LogP) is 1.78. The van der Waals surface area contributed by atoms with Crippen LogP contribution < -0.4 is 0 Å². The van der Waals surface area contributed by atoms with Crippen LogP contribution in [0.25, 0.3) is 0 Å². The lowest BCUT2D eigenvalue weighted by molar-refractivity contribution is 0.0241. The minimum atomic E-state index is -0.400. The molecule has 86 valence electrons. The van der Waals surface area contributed by atoms with Crippen LogP contribution in [0.4, 0.5) is 4.79 Å². The van der Waals surface area contributed by atoms with Crippen LogP contribution >= 0.6 is 0 Å². The van der Waals surface area contributed by atoms with E-state index in [1.165, 1.54) is 0 Å². The predicted molar refractivity (Wildman–Crippen MR) is 55.7 cm³/mol. The molecule has 2 atom stereocenters. The summed E-state index contributed by atoms with van der Waals surface area (Å²) in [5.41, 5.74) is -0.400. The molecule has 2 rings (SSSR count). The van der Waals surface area contributed by atoms with Gasteiger partial charge in [0.05, 0.1) is 12.2 Å². The van der Waals surface area contributed by atoms with Crippen molar-refractivity contribution in [1.82, 2.24) is 4.90 Å². The first-order chi connectivity index (χ1) is 6.96. The van der Waals surface area contributed by atoms with Gasteiger partial charge in [0.25, 0.3) is 0 Å². The fourth-order valence-corrected chi connectivity index (χ4v) is 1.87. The number of ether oxygens (including phenoxy) is 2. The number of carbonyl (C=O) groups is 1. The molecule has 0 spiro atoms. The second-order valence-corrected chi connectivity index (χ2v) is 5.26. The first-order valence-electron chi connectivity index (χ1n) is 5.59. The minimum absolute atomic E-state index is 0.191. The minimum Gasteiger partial charge on any atom is -0.444 e. The van der Waals surface area contributed by atoms with Gasteiger partial charge in [-0.15, -0.1) is 0 Å². The van der Waals surface area contributed by atoms with Crippen molar-refractivity contribution >= 4 is 6.09 Å². The van der Waals surface area contributed by atoms with E-state index in [4.69, 9.17) is 9.47 Å². The van der Waals surface area contributed by atoms with Crippen molar-refractivity contribution in [2.24, 2.45) is 0 Å². The van der Waals surface area contributed by atoms with E-state index < -0.39 is 5.60 Å². The van der Waals surface area contributed by atoms with E-state index in [2.05, 4.69) is 0 Å². The maximum Gasteiger partial charge on any atom is 0.410 e. The molecule has 2 fully saturated rings. The van der Waals surface area contributed by atoms with E-state index in [9.17, 15) is 4.79 Å². The third-order valence-corrected chi connectivity index (χ3v) is 2.71. The molecule has 0 N–H and O–H groups in total. The monoisotopic (exact) mass is 213 g/mol. The molecule has 0 aromatic heterocycles. The van der Waals surface area contributed by atoms with E-state index in [-0.39, 0.29) is 6.09 Å². The third-order valence-electron chi connectivity index (χ3n) is 2.71. The van der Waals surface area contributed by atoms with Crippen LogP contribution in [0.2, 0.25) is 0 Å². The zero-order valence-corrected chi connectivity index (χ0v) is 9.66. The van der Waals surface area contributed by atoms with E-state index >= 15 is 0 Å². The molecule has 0 bridgehead atoms. The van der Waals surface area contributed by atoms with Crippen molar-refractivity contribution in [1.29, 1.82) is 0 Å². The fraction of sp³-hybridized carbons (Fsp3) is 0.909. The molecule has 1 amide bonds. The van der Waals surface area contributed by atoms with Crippen molar-refractivity contribution in [3.8, 4) is 0 Å². The van der Waals surface area contributed by atoms with Crippen LogP contribution in [0.5, 0.6) is 0 Å². The summed E-state index contributed by atoms with van der Waals surface area (Å²) in [7, 11) is 0. The highest BCUT2D eigenvalue weighted by Crippen LogP contribution is 2.31. The van der Waals surface area contributed by atoms with E-state index in [0.29, 0.717) is 12.2 Å². The van der Waals surface area contributed by atoms with E-state index in [1.54, 1.807) is 4.90 Å². The van der Waals surface area contributed by atoms with Gasteiger partial charge in [-0.05, 0) is 33.6 Å². The quantitative estimate of drug-likeness (QED) is 0.576.